The molecule has 1 aromatic carbocycles. The standard InChI is InChI=1S/C11H7ClF3N3O2/c12-7-4-2-1-3-6(7)5-20-10(19)8-9(11(13,14)15)17-18-16-8/h1-4H,5H2,(H,16,17,18). The number of benzene rings is 1. The number of nitrogens with zero attached hydrogens (tertiary/aromatic N) is 2. The fraction of sp³-hybridized carbons (Fsp3) is 0.182. The molecular formula is C11H7ClF3N3O2. The maximum Gasteiger partial charge on any atom is 0.437 e. The first-order chi connectivity index (χ1) is 9.39. The van der Waals surface area contributed by atoms with Crippen molar-refractivity contribution in [3.63, 3.8) is 0 Å². The van der Waals surface area contributed by atoms with Gasteiger partial charge in [0, 0.05) is 10.6 Å². The van der Waals surface area contributed by atoms with E-state index >= 15 is 0 Å². The summed E-state index contributed by atoms with van der Waals surface area (Å²) in [5.41, 5.74) is -1.86. The van der Waals surface area contributed by atoms with Gasteiger partial charge in [-0.25, -0.2) is 4.79 Å². The van der Waals surface area contributed by atoms with Crippen LogP contribution in [0, 0.1) is 0 Å². The summed E-state index contributed by atoms with van der Waals surface area (Å²) in [4.78, 5) is 11.6. The van der Waals surface area contributed by atoms with Crippen molar-refractivity contribution in [3.05, 3.63) is 46.2 Å². The molecule has 0 amide bonds. The molecule has 0 atom stereocenters. The van der Waals surface area contributed by atoms with Crippen molar-refractivity contribution in [2.45, 2.75) is 12.8 Å². The van der Waals surface area contributed by atoms with Gasteiger partial charge in [0.1, 0.15) is 6.61 Å². The minimum Gasteiger partial charge on any atom is -0.456 e. The van der Waals surface area contributed by atoms with Crippen LogP contribution in [-0.4, -0.2) is 21.4 Å². The van der Waals surface area contributed by atoms with E-state index in [0.717, 1.165) is 0 Å². The zero-order valence-electron chi connectivity index (χ0n) is 9.74. The quantitative estimate of drug-likeness (QED) is 0.885. The van der Waals surface area contributed by atoms with Gasteiger partial charge in [-0.05, 0) is 6.07 Å². The third-order valence-electron chi connectivity index (χ3n) is 2.33. The first-order valence-corrected chi connectivity index (χ1v) is 5.66. The van der Waals surface area contributed by atoms with Crippen molar-refractivity contribution in [1.82, 2.24) is 15.4 Å². The molecule has 2 rings (SSSR count). The Balaban J connectivity index is 2.10. The molecule has 0 bridgehead atoms. The molecule has 20 heavy (non-hydrogen) atoms. The Hall–Kier alpha value is -2.09. The number of hydrogen-bond acceptors (Lipinski definition) is 4. The smallest absolute Gasteiger partial charge is 0.437 e. The first-order valence-electron chi connectivity index (χ1n) is 5.28. The number of carbonyl (C=O) groups excluding carboxylic acids is 1. The van der Waals surface area contributed by atoms with E-state index in [0.29, 0.717) is 10.6 Å². The fourth-order valence-electron chi connectivity index (χ4n) is 1.40. The van der Waals surface area contributed by atoms with E-state index in [-0.39, 0.29) is 6.61 Å². The lowest BCUT2D eigenvalue weighted by Gasteiger charge is -2.06. The number of alkyl halides is 3. The molecule has 0 aliphatic heterocycles. The van der Waals surface area contributed by atoms with Crippen LogP contribution in [0.5, 0.6) is 0 Å². The largest absolute Gasteiger partial charge is 0.456 e. The van der Waals surface area contributed by atoms with Crippen molar-refractivity contribution in [3.8, 4) is 0 Å². The molecule has 2 aromatic rings. The van der Waals surface area contributed by atoms with E-state index in [4.69, 9.17) is 16.3 Å². The average Bonchev–Trinajstić information content (AvgIpc) is 2.86. The van der Waals surface area contributed by atoms with Gasteiger partial charge in [0.25, 0.3) is 0 Å². The van der Waals surface area contributed by atoms with Gasteiger partial charge in [-0.15, -0.1) is 5.10 Å². The molecule has 0 aliphatic rings. The highest BCUT2D eigenvalue weighted by molar-refractivity contribution is 6.31. The van der Waals surface area contributed by atoms with E-state index in [1.165, 1.54) is 0 Å². The highest BCUT2D eigenvalue weighted by Gasteiger charge is 2.40. The van der Waals surface area contributed by atoms with Crippen molar-refractivity contribution < 1.29 is 22.7 Å². The molecule has 0 spiro atoms. The predicted octanol–water partition coefficient (Wildman–Crippen LogP) is 2.83. The zero-order chi connectivity index (χ0) is 14.8. The van der Waals surface area contributed by atoms with E-state index in [9.17, 15) is 18.0 Å². The number of H-pyrrole nitrogens is 1. The highest BCUT2D eigenvalue weighted by atomic mass is 35.5. The predicted molar refractivity (Wildman–Crippen MR) is 62.0 cm³/mol. The van der Waals surface area contributed by atoms with E-state index < -0.39 is 23.5 Å². The number of halogens is 4. The second-order valence-electron chi connectivity index (χ2n) is 3.69. The minimum atomic E-state index is -4.79. The average molecular weight is 306 g/mol. The SMILES string of the molecule is O=C(OCc1ccccc1Cl)c1n[nH]nc1C(F)(F)F. The minimum absolute atomic E-state index is 0.261. The molecule has 106 valence electrons. The van der Waals surface area contributed by atoms with Crippen LogP contribution in [0.4, 0.5) is 13.2 Å². The molecule has 1 N–H and O–H groups in total. The number of esters is 1. The van der Waals surface area contributed by atoms with Crippen LogP contribution >= 0.6 is 11.6 Å². The summed E-state index contributed by atoms with van der Waals surface area (Å²) in [7, 11) is 0. The van der Waals surface area contributed by atoms with E-state index in [2.05, 4.69) is 10.2 Å². The molecule has 5 nitrogen and oxygen atoms in total. The summed E-state index contributed by atoms with van der Waals surface area (Å²) < 4.78 is 42.3. The highest BCUT2D eigenvalue weighted by Crippen LogP contribution is 2.29. The molecular weight excluding hydrogens is 299 g/mol. The molecule has 9 heteroatoms. The lowest BCUT2D eigenvalue weighted by Crippen LogP contribution is -2.15. The van der Waals surface area contributed by atoms with Crippen molar-refractivity contribution in [1.29, 1.82) is 0 Å². The second kappa shape index (κ2) is 5.49. The van der Waals surface area contributed by atoms with Crippen molar-refractivity contribution in [2.75, 3.05) is 0 Å². The number of aromatic amines is 1. The molecule has 0 saturated heterocycles. The normalized spacial score (nSPS) is 11.4. The lowest BCUT2D eigenvalue weighted by molar-refractivity contribution is -0.141. The van der Waals surface area contributed by atoms with Crippen LogP contribution in [-0.2, 0) is 17.5 Å². The van der Waals surface area contributed by atoms with Gasteiger partial charge in [-0.3, -0.25) is 0 Å². The number of carbonyl (C=O) groups is 1. The number of hydrogen-bond donors (Lipinski definition) is 1. The monoisotopic (exact) mass is 305 g/mol. The van der Waals surface area contributed by atoms with Crippen LogP contribution in [0.25, 0.3) is 0 Å². The number of ether oxygens (including phenoxy) is 1. The summed E-state index contributed by atoms with van der Waals surface area (Å²) in [5, 5.41) is 8.14. The van der Waals surface area contributed by atoms with Crippen LogP contribution in [0.3, 0.4) is 0 Å². The van der Waals surface area contributed by atoms with Crippen LogP contribution in [0.15, 0.2) is 24.3 Å². The molecule has 0 unspecified atom stereocenters. The Morgan fingerprint density at radius 2 is 2.00 bits per heavy atom. The molecule has 1 aromatic heterocycles. The van der Waals surface area contributed by atoms with Crippen LogP contribution < -0.4 is 0 Å². The summed E-state index contributed by atoms with van der Waals surface area (Å²) >= 11 is 5.83. The van der Waals surface area contributed by atoms with Gasteiger partial charge in [0.05, 0.1) is 0 Å². The van der Waals surface area contributed by atoms with Gasteiger partial charge in [-0.2, -0.15) is 23.5 Å². The summed E-state index contributed by atoms with van der Waals surface area (Å²) in [5.74, 6) is -1.23. The van der Waals surface area contributed by atoms with Gasteiger partial charge < -0.3 is 4.74 Å². The Morgan fingerprint density at radius 1 is 1.30 bits per heavy atom. The zero-order valence-corrected chi connectivity index (χ0v) is 10.5. The first kappa shape index (κ1) is 14.3. The van der Waals surface area contributed by atoms with Gasteiger partial charge in [0.15, 0.2) is 0 Å². The van der Waals surface area contributed by atoms with E-state index in [1.54, 1.807) is 29.5 Å². The summed E-state index contributed by atoms with van der Waals surface area (Å²) in [6.45, 7) is -0.261. The van der Waals surface area contributed by atoms with Crippen molar-refractivity contribution >= 4 is 17.6 Å². The number of aromatic nitrogens is 3. The Bertz CT molecular complexity index is 627. The molecule has 0 radical (unpaired) electrons. The van der Waals surface area contributed by atoms with Gasteiger partial charge in [-0.1, -0.05) is 29.8 Å². The Labute approximate surface area is 115 Å². The third kappa shape index (κ3) is 3.08. The van der Waals surface area contributed by atoms with E-state index in [1.807, 2.05) is 0 Å². The Morgan fingerprint density at radius 3 is 2.65 bits per heavy atom. The summed E-state index contributed by atoms with van der Waals surface area (Å²) in [6.07, 6.45) is -4.79. The topological polar surface area (TPSA) is 67.9 Å². The van der Waals surface area contributed by atoms with Gasteiger partial charge >= 0.3 is 12.1 Å². The molecule has 0 aliphatic carbocycles. The summed E-state index contributed by atoms with van der Waals surface area (Å²) in [6, 6.07) is 6.49. The van der Waals surface area contributed by atoms with Crippen LogP contribution in [0.2, 0.25) is 5.02 Å². The second-order valence-corrected chi connectivity index (χ2v) is 4.09. The Kier molecular flexibility index (Phi) is 3.93. The lowest BCUT2D eigenvalue weighted by atomic mass is 10.2. The maximum atomic E-state index is 12.5. The molecule has 0 saturated carbocycles. The third-order valence-corrected chi connectivity index (χ3v) is 2.70. The van der Waals surface area contributed by atoms with Gasteiger partial charge in [0.2, 0.25) is 11.4 Å². The molecule has 0 fully saturated rings. The molecule has 1 heterocycles. The number of rotatable bonds is 3. The van der Waals surface area contributed by atoms with Crippen molar-refractivity contribution in [2.24, 2.45) is 0 Å². The fourth-order valence-corrected chi connectivity index (χ4v) is 1.59. The van der Waals surface area contributed by atoms with Crippen LogP contribution in [0.1, 0.15) is 21.7 Å². The number of nitrogens with one attached hydrogen (secondary N) is 1. The maximum absolute atomic E-state index is 12.5.